The average molecular weight is 849 g/mol. The first-order valence-corrected chi connectivity index (χ1v) is 21.9. The van der Waals surface area contributed by atoms with E-state index in [-0.39, 0.29) is 16.7 Å². The van der Waals surface area contributed by atoms with Crippen molar-refractivity contribution < 1.29 is 21.7 Å². The molecule has 0 bridgehead atoms. The first-order chi connectivity index (χ1) is 20.8. The Balaban J connectivity index is 0.000000591. The van der Waals surface area contributed by atoms with Gasteiger partial charge < -0.3 is 0 Å². The van der Waals surface area contributed by atoms with E-state index >= 15 is 0 Å². The van der Waals surface area contributed by atoms with Gasteiger partial charge in [-0.3, -0.25) is 4.79 Å². The quantitative estimate of drug-likeness (QED) is 0.0702. The van der Waals surface area contributed by atoms with Crippen molar-refractivity contribution in [3.8, 4) is 0 Å². The van der Waals surface area contributed by atoms with Gasteiger partial charge in [0.1, 0.15) is 0 Å². The SMILES string of the molecule is O=C(c1ccccc1)c1cc(Cl)c(Sc2ccc([S+](c3ccc(Cl)cc3)c3ccc(Cl)cc3)cc2)c(Cl)c1.[F][Sb-]([F])([F])([F])([F])[F]. The zero-order valence-electron chi connectivity index (χ0n) is 22.4. The molecule has 0 aliphatic rings. The Bertz CT molecular complexity index is 1730. The van der Waals surface area contributed by atoms with E-state index in [1.165, 1.54) is 11.8 Å². The third kappa shape index (κ3) is 11.6. The number of benzene rings is 5. The van der Waals surface area contributed by atoms with E-state index in [1.807, 2.05) is 42.5 Å². The molecule has 0 aromatic heterocycles. The van der Waals surface area contributed by atoms with Crippen LogP contribution in [0.15, 0.2) is 140 Å². The van der Waals surface area contributed by atoms with Crippen molar-refractivity contribution in [2.75, 3.05) is 0 Å². The molecule has 14 heteroatoms. The van der Waals surface area contributed by atoms with Crippen molar-refractivity contribution >= 4 is 94.3 Å². The number of halogens is 10. The summed E-state index contributed by atoms with van der Waals surface area (Å²) in [5, 5.41) is 2.27. The van der Waals surface area contributed by atoms with Gasteiger partial charge in [0.2, 0.25) is 0 Å². The summed E-state index contributed by atoms with van der Waals surface area (Å²) in [4.78, 5) is 18.0. The van der Waals surface area contributed by atoms with Gasteiger partial charge in [-0.25, -0.2) is 0 Å². The first-order valence-electron chi connectivity index (χ1n) is 12.5. The molecule has 0 radical (unpaired) electrons. The Labute approximate surface area is 284 Å². The van der Waals surface area contributed by atoms with Gasteiger partial charge in [0.25, 0.3) is 0 Å². The Morgan fingerprint density at radius 3 is 1.33 bits per heavy atom. The van der Waals surface area contributed by atoms with E-state index in [9.17, 15) is 21.7 Å². The van der Waals surface area contributed by atoms with Crippen LogP contribution in [0.2, 0.25) is 20.1 Å². The summed E-state index contributed by atoms with van der Waals surface area (Å²) < 4.78 is 59.6. The van der Waals surface area contributed by atoms with E-state index in [0.717, 1.165) is 19.6 Å². The number of rotatable bonds is 7. The molecule has 0 atom stereocenters. The van der Waals surface area contributed by atoms with Crippen LogP contribution in [-0.2, 0) is 10.9 Å². The number of hydrogen-bond acceptors (Lipinski definition) is 2. The van der Waals surface area contributed by atoms with Crippen LogP contribution in [-0.4, -0.2) is 25.3 Å². The molecule has 45 heavy (non-hydrogen) atoms. The number of hydrogen-bond donors (Lipinski definition) is 0. The summed E-state index contributed by atoms with van der Waals surface area (Å²) in [6, 6.07) is 36.6. The van der Waals surface area contributed by atoms with Gasteiger partial charge in [0, 0.05) is 31.0 Å². The zero-order chi connectivity index (χ0) is 33.1. The maximum absolute atomic E-state index is 12.9. The summed E-state index contributed by atoms with van der Waals surface area (Å²) in [5.41, 5.74) is 1.05. The minimum absolute atomic E-state index is 0.119. The van der Waals surface area contributed by atoms with E-state index in [1.54, 1.807) is 24.3 Å². The molecule has 0 spiro atoms. The fourth-order valence-electron chi connectivity index (χ4n) is 3.86. The second kappa shape index (κ2) is 13.6. The van der Waals surface area contributed by atoms with Gasteiger partial charge in [-0.05, 0) is 84.9 Å². The maximum atomic E-state index is 12.9. The van der Waals surface area contributed by atoms with Gasteiger partial charge in [-0.2, -0.15) is 0 Å². The third-order valence-electron chi connectivity index (χ3n) is 5.67. The van der Waals surface area contributed by atoms with Crippen molar-refractivity contribution in [2.24, 2.45) is 0 Å². The van der Waals surface area contributed by atoms with Gasteiger partial charge in [0.05, 0.1) is 20.9 Å². The monoisotopic (exact) mass is 846 g/mol. The van der Waals surface area contributed by atoms with Gasteiger partial charge >= 0.3 is 36.4 Å². The summed E-state index contributed by atoms with van der Waals surface area (Å²) in [7, 11) is -0.338. The van der Waals surface area contributed by atoms with Crippen molar-refractivity contribution in [1.82, 2.24) is 0 Å². The predicted octanol–water partition coefficient (Wildman–Crippen LogP) is 12.9. The molecular weight excluding hydrogens is 830 g/mol. The molecular formula is C31H19Cl4F6OS2Sb. The molecule has 236 valence electrons. The Kier molecular flexibility index (Phi) is 10.9. The molecule has 0 fully saturated rings. The van der Waals surface area contributed by atoms with Crippen LogP contribution in [0.3, 0.4) is 0 Å². The first kappa shape index (κ1) is 35.9. The third-order valence-corrected chi connectivity index (χ3v) is 10.4. The Morgan fingerprint density at radius 1 is 0.556 bits per heavy atom. The number of ketones is 1. The summed E-state index contributed by atoms with van der Waals surface area (Å²) >= 11 is 15.7. The molecule has 0 aliphatic carbocycles. The van der Waals surface area contributed by atoms with Crippen molar-refractivity contribution in [3.05, 3.63) is 146 Å². The van der Waals surface area contributed by atoms with Crippen molar-refractivity contribution in [3.63, 3.8) is 0 Å². The number of carbonyl (C=O) groups excluding carboxylic acids is 1. The molecule has 0 heterocycles. The van der Waals surface area contributed by atoms with Crippen molar-refractivity contribution in [1.29, 1.82) is 0 Å². The van der Waals surface area contributed by atoms with Crippen LogP contribution in [0.5, 0.6) is 0 Å². The predicted molar refractivity (Wildman–Crippen MR) is 174 cm³/mol. The Morgan fingerprint density at radius 2 is 0.933 bits per heavy atom. The van der Waals surface area contributed by atoms with Gasteiger partial charge in [0.15, 0.2) is 20.5 Å². The molecule has 0 unspecified atom stereocenters. The zero-order valence-corrected chi connectivity index (χ0v) is 29.6. The second-order valence-electron chi connectivity index (χ2n) is 9.21. The summed E-state index contributed by atoms with van der Waals surface area (Å²) in [6.45, 7) is 0. The van der Waals surface area contributed by atoms with Gasteiger partial charge in [-0.15, -0.1) is 0 Å². The summed E-state index contributed by atoms with van der Waals surface area (Å²) in [5.74, 6) is -0.119. The molecule has 5 aromatic carbocycles. The molecule has 5 aromatic rings. The molecule has 0 saturated carbocycles. The van der Waals surface area contributed by atoms with Crippen LogP contribution < -0.4 is 0 Å². The van der Waals surface area contributed by atoms with Crippen LogP contribution in [0, 0.1) is 0 Å². The van der Waals surface area contributed by atoms with Crippen LogP contribution in [0.1, 0.15) is 15.9 Å². The Hall–Kier alpha value is -1.97. The standard InChI is InChI=1S/C31H19Cl4OS2.6FH.Sb/c32-22-6-12-25(13-7-22)38(26-14-8-23(33)9-15-26)27-16-10-24(11-17-27)37-31-28(34)18-21(19-29(31)35)30(36)20-4-2-1-3-5-20;;;;;;;/h1-19H;6*1H;/q+1;;;;;;;+5/p-6. The summed E-state index contributed by atoms with van der Waals surface area (Å²) in [6.07, 6.45) is 0. The molecule has 1 nitrogen and oxygen atoms in total. The fraction of sp³-hybridized carbons (Fsp3) is 0. The van der Waals surface area contributed by atoms with E-state index in [4.69, 9.17) is 46.4 Å². The fourth-order valence-corrected chi connectivity index (χ4v) is 7.69. The van der Waals surface area contributed by atoms with Crippen LogP contribution in [0.4, 0.5) is 16.9 Å². The van der Waals surface area contributed by atoms with E-state index in [2.05, 4.69) is 48.5 Å². The second-order valence-corrected chi connectivity index (χ2v) is 19.5. The van der Waals surface area contributed by atoms with Crippen molar-refractivity contribution in [2.45, 2.75) is 24.5 Å². The molecule has 0 amide bonds. The van der Waals surface area contributed by atoms with Crippen LogP contribution >= 0.6 is 58.2 Å². The normalized spacial score (nSPS) is 13.0. The minimum atomic E-state index is -11.2. The molecule has 0 saturated heterocycles. The average Bonchev–Trinajstić information content (AvgIpc) is 2.96. The van der Waals surface area contributed by atoms with Gasteiger partial charge in [-0.1, -0.05) is 88.5 Å². The van der Waals surface area contributed by atoms with E-state index < -0.39 is 19.5 Å². The van der Waals surface area contributed by atoms with E-state index in [0.29, 0.717) is 36.1 Å². The molecule has 0 N–H and O–H groups in total. The molecule has 5 rings (SSSR count). The molecule has 0 aliphatic heterocycles. The topological polar surface area (TPSA) is 17.1 Å². The van der Waals surface area contributed by atoms with Crippen LogP contribution in [0.25, 0.3) is 0 Å². The number of carbonyl (C=O) groups is 1.